The molecule has 2 aromatic carbocycles. The maximum Gasteiger partial charge on any atom is 0.408 e. The van der Waals surface area contributed by atoms with Crippen molar-refractivity contribution < 1.29 is 9.90 Å². The monoisotopic (exact) mass is 390 g/mol. The van der Waals surface area contributed by atoms with Gasteiger partial charge in [0.25, 0.3) is 0 Å². The number of rotatable bonds is 4. The summed E-state index contributed by atoms with van der Waals surface area (Å²) in [6, 6.07) is 15.5. The van der Waals surface area contributed by atoms with Gasteiger partial charge >= 0.3 is 6.09 Å². The van der Waals surface area contributed by atoms with E-state index in [-0.39, 0.29) is 0 Å². The standard InChI is InChI=1S/C21H22N6O2/c1-21(2,3)26(20(28)29)12-14-8-10-15(11-9-14)27-13-18(23-25-27)19-16-6-4-5-7-17(16)22-24-19/h4-11,13H,12H2,1-3H3,(H,22,24)(H,28,29). The zero-order valence-electron chi connectivity index (χ0n) is 16.5. The van der Waals surface area contributed by atoms with Crippen molar-refractivity contribution in [1.29, 1.82) is 0 Å². The molecular weight excluding hydrogens is 368 g/mol. The van der Waals surface area contributed by atoms with Gasteiger partial charge in [-0.15, -0.1) is 5.10 Å². The van der Waals surface area contributed by atoms with Crippen LogP contribution < -0.4 is 0 Å². The minimum atomic E-state index is -0.936. The lowest BCUT2D eigenvalue weighted by Crippen LogP contribution is -2.44. The van der Waals surface area contributed by atoms with Crippen molar-refractivity contribution >= 4 is 17.0 Å². The number of aromatic amines is 1. The molecule has 2 aromatic heterocycles. The molecule has 0 aliphatic carbocycles. The van der Waals surface area contributed by atoms with Crippen molar-refractivity contribution in [3.63, 3.8) is 0 Å². The lowest BCUT2D eigenvalue weighted by Gasteiger charge is -2.33. The maximum absolute atomic E-state index is 11.5. The van der Waals surface area contributed by atoms with Crippen LogP contribution in [0.1, 0.15) is 26.3 Å². The lowest BCUT2D eigenvalue weighted by molar-refractivity contribution is 0.0955. The number of fused-ring (bicyclic) bond motifs is 1. The number of H-pyrrole nitrogens is 1. The van der Waals surface area contributed by atoms with Gasteiger partial charge in [0, 0.05) is 17.5 Å². The first-order chi connectivity index (χ1) is 13.8. The van der Waals surface area contributed by atoms with Crippen LogP contribution in [0.25, 0.3) is 28.0 Å². The summed E-state index contributed by atoms with van der Waals surface area (Å²) < 4.78 is 1.68. The van der Waals surface area contributed by atoms with Crippen molar-refractivity contribution in [3.8, 4) is 17.1 Å². The van der Waals surface area contributed by atoms with E-state index in [4.69, 9.17) is 0 Å². The summed E-state index contributed by atoms with van der Waals surface area (Å²) in [6.07, 6.45) is 0.893. The van der Waals surface area contributed by atoms with Crippen LogP contribution >= 0.6 is 0 Å². The number of carboxylic acid groups (broad SMARTS) is 1. The smallest absolute Gasteiger partial charge is 0.408 e. The van der Waals surface area contributed by atoms with Gasteiger partial charge in [0.15, 0.2) is 0 Å². The zero-order valence-corrected chi connectivity index (χ0v) is 16.5. The molecule has 0 saturated heterocycles. The Bertz CT molecular complexity index is 1150. The summed E-state index contributed by atoms with van der Waals surface area (Å²) in [5.41, 5.74) is 3.65. The van der Waals surface area contributed by atoms with Crippen LogP contribution in [0.5, 0.6) is 0 Å². The summed E-state index contributed by atoms with van der Waals surface area (Å²) in [4.78, 5) is 13.0. The van der Waals surface area contributed by atoms with Crippen molar-refractivity contribution in [2.45, 2.75) is 32.9 Å². The number of nitrogens with one attached hydrogen (secondary N) is 1. The summed E-state index contributed by atoms with van der Waals surface area (Å²) in [5, 5.41) is 26.3. The first-order valence-corrected chi connectivity index (χ1v) is 9.28. The van der Waals surface area contributed by atoms with Crippen molar-refractivity contribution in [2.75, 3.05) is 0 Å². The molecule has 1 amide bonds. The molecule has 2 heterocycles. The third-order valence-corrected chi connectivity index (χ3v) is 4.79. The number of hydrogen-bond donors (Lipinski definition) is 2. The molecular formula is C21H22N6O2. The Hall–Kier alpha value is -3.68. The Balaban J connectivity index is 1.57. The third kappa shape index (κ3) is 3.69. The van der Waals surface area contributed by atoms with E-state index < -0.39 is 11.6 Å². The molecule has 8 heteroatoms. The Kier molecular flexibility index (Phi) is 4.54. The fraction of sp³-hybridized carbons (Fsp3) is 0.238. The highest BCUT2D eigenvalue weighted by atomic mass is 16.4. The predicted molar refractivity (Wildman–Crippen MR) is 110 cm³/mol. The number of carbonyl (C=O) groups is 1. The van der Waals surface area contributed by atoms with E-state index in [0.29, 0.717) is 12.2 Å². The molecule has 4 rings (SSSR count). The molecule has 0 bridgehead atoms. The molecule has 29 heavy (non-hydrogen) atoms. The molecule has 0 spiro atoms. The van der Waals surface area contributed by atoms with Gasteiger partial charge in [-0.2, -0.15) is 5.10 Å². The topological polar surface area (TPSA) is 99.9 Å². The quantitative estimate of drug-likeness (QED) is 0.547. The van der Waals surface area contributed by atoms with Crippen LogP contribution in [0.3, 0.4) is 0 Å². The highest BCUT2D eigenvalue weighted by Crippen LogP contribution is 2.25. The number of para-hydroxylation sites is 1. The first-order valence-electron chi connectivity index (χ1n) is 9.28. The molecule has 0 saturated carbocycles. The van der Waals surface area contributed by atoms with Gasteiger partial charge in [-0.3, -0.25) is 10.00 Å². The van der Waals surface area contributed by atoms with Gasteiger partial charge in [-0.05, 0) is 44.5 Å². The van der Waals surface area contributed by atoms with Gasteiger partial charge in [-0.25, -0.2) is 9.48 Å². The third-order valence-electron chi connectivity index (χ3n) is 4.79. The molecule has 148 valence electrons. The van der Waals surface area contributed by atoms with Crippen LogP contribution in [-0.2, 0) is 6.54 Å². The average Bonchev–Trinajstić information content (AvgIpc) is 3.32. The second-order valence-corrected chi connectivity index (χ2v) is 7.87. The largest absolute Gasteiger partial charge is 0.465 e. The second kappa shape index (κ2) is 7.05. The lowest BCUT2D eigenvalue weighted by atomic mass is 10.1. The Morgan fingerprint density at radius 2 is 1.86 bits per heavy atom. The van der Waals surface area contributed by atoms with E-state index in [2.05, 4.69) is 20.5 Å². The van der Waals surface area contributed by atoms with Crippen LogP contribution in [0, 0.1) is 0 Å². The molecule has 8 nitrogen and oxygen atoms in total. The van der Waals surface area contributed by atoms with E-state index in [1.807, 2.05) is 75.5 Å². The van der Waals surface area contributed by atoms with Crippen molar-refractivity contribution in [2.24, 2.45) is 0 Å². The SMILES string of the molecule is CC(C)(C)N(Cc1ccc(-n2cc(-c3n[nH]c4ccccc34)nn2)cc1)C(=O)O. The van der Waals surface area contributed by atoms with Gasteiger partial charge < -0.3 is 5.11 Å². The predicted octanol–water partition coefficient (Wildman–Crippen LogP) is 4.09. The molecule has 0 aliphatic rings. The van der Waals surface area contributed by atoms with E-state index in [0.717, 1.165) is 27.8 Å². The van der Waals surface area contributed by atoms with Gasteiger partial charge in [0.1, 0.15) is 11.4 Å². The fourth-order valence-electron chi connectivity index (χ4n) is 3.19. The highest BCUT2D eigenvalue weighted by molar-refractivity contribution is 5.91. The van der Waals surface area contributed by atoms with Crippen LogP contribution in [0.4, 0.5) is 4.79 Å². The molecule has 4 aromatic rings. The van der Waals surface area contributed by atoms with Gasteiger partial charge in [0.2, 0.25) is 0 Å². The van der Waals surface area contributed by atoms with Gasteiger partial charge in [-0.1, -0.05) is 35.5 Å². The Morgan fingerprint density at radius 3 is 2.55 bits per heavy atom. The van der Waals surface area contributed by atoms with E-state index in [1.54, 1.807) is 4.68 Å². The fourth-order valence-corrected chi connectivity index (χ4v) is 3.19. The summed E-state index contributed by atoms with van der Waals surface area (Å²) in [7, 11) is 0. The van der Waals surface area contributed by atoms with Crippen molar-refractivity contribution in [3.05, 3.63) is 60.3 Å². The van der Waals surface area contributed by atoms with E-state index in [1.165, 1.54) is 4.90 Å². The Morgan fingerprint density at radius 1 is 1.14 bits per heavy atom. The molecule has 0 aliphatic heterocycles. The first kappa shape index (κ1) is 18.7. The summed E-state index contributed by atoms with van der Waals surface area (Å²) >= 11 is 0. The average molecular weight is 390 g/mol. The minimum Gasteiger partial charge on any atom is -0.465 e. The normalized spacial score (nSPS) is 11.7. The van der Waals surface area contributed by atoms with Crippen LogP contribution in [0.15, 0.2) is 54.7 Å². The van der Waals surface area contributed by atoms with E-state index >= 15 is 0 Å². The zero-order chi connectivity index (χ0) is 20.6. The number of hydrogen-bond acceptors (Lipinski definition) is 4. The number of nitrogens with zero attached hydrogens (tertiary/aromatic N) is 5. The molecule has 0 atom stereocenters. The van der Waals surface area contributed by atoms with Crippen LogP contribution in [-0.4, -0.2) is 46.8 Å². The van der Waals surface area contributed by atoms with Gasteiger partial charge in [0.05, 0.1) is 17.4 Å². The highest BCUT2D eigenvalue weighted by Gasteiger charge is 2.26. The maximum atomic E-state index is 11.5. The molecule has 0 fully saturated rings. The van der Waals surface area contributed by atoms with Crippen molar-refractivity contribution in [1.82, 2.24) is 30.1 Å². The molecule has 0 radical (unpaired) electrons. The summed E-state index contributed by atoms with van der Waals surface area (Å²) in [5.74, 6) is 0. The Labute approximate surface area is 167 Å². The number of aromatic nitrogens is 5. The molecule has 0 unspecified atom stereocenters. The second-order valence-electron chi connectivity index (χ2n) is 7.87. The summed E-state index contributed by atoms with van der Waals surface area (Å²) in [6.45, 7) is 5.96. The van der Waals surface area contributed by atoms with E-state index in [9.17, 15) is 9.90 Å². The number of amides is 1. The minimum absolute atomic E-state index is 0.320. The molecule has 2 N–H and O–H groups in total. The number of benzene rings is 2. The van der Waals surface area contributed by atoms with Crippen LogP contribution in [0.2, 0.25) is 0 Å².